The minimum atomic E-state index is -1.35. The Morgan fingerprint density at radius 2 is 2.22 bits per heavy atom. The molecule has 1 saturated heterocycles. The van der Waals surface area contributed by atoms with Crippen LogP contribution in [0.2, 0.25) is 0 Å². The summed E-state index contributed by atoms with van der Waals surface area (Å²) in [5.74, 6) is -1.25. The van der Waals surface area contributed by atoms with Gasteiger partial charge >= 0.3 is 0 Å². The number of pyridine rings is 1. The third kappa shape index (κ3) is 2.73. The molecule has 1 aromatic rings. The molecule has 0 spiro atoms. The summed E-state index contributed by atoms with van der Waals surface area (Å²) in [4.78, 5) is 24.6. The van der Waals surface area contributed by atoms with Crippen molar-refractivity contribution in [2.45, 2.75) is 31.0 Å². The largest absolute Gasteiger partial charge is 0.543 e. The molecular formula is C15H17N3O4S. The van der Waals surface area contributed by atoms with Gasteiger partial charge in [0.25, 0.3) is 0 Å². The first-order chi connectivity index (χ1) is 10.9. The Morgan fingerprint density at radius 3 is 2.78 bits per heavy atom. The third-order valence-electron chi connectivity index (χ3n) is 4.05. The van der Waals surface area contributed by atoms with E-state index in [1.807, 2.05) is 0 Å². The second-order valence-electron chi connectivity index (χ2n) is 5.65. The number of thioether (sulfide) groups is 1. The molecule has 0 bridgehead atoms. The average Bonchev–Trinajstić information content (AvgIpc) is 2.53. The van der Waals surface area contributed by atoms with Crippen LogP contribution in [0.1, 0.15) is 18.6 Å². The van der Waals surface area contributed by atoms with Gasteiger partial charge in [0.05, 0.1) is 17.8 Å². The van der Waals surface area contributed by atoms with Crippen LogP contribution in [-0.4, -0.2) is 39.1 Å². The summed E-state index contributed by atoms with van der Waals surface area (Å²) < 4.78 is 1.80. The minimum absolute atomic E-state index is 0.0625. The van der Waals surface area contributed by atoms with E-state index in [2.05, 4.69) is 0 Å². The fourth-order valence-electron chi connectivity index (χ4n) is 2.76. The van der Waals surface area contributed by atoms with Gasteiger partial charge in [0.2, 0.25) is 5.91 Å². The van der Waals surface area contributed by atoms with E-state index in [0.717, 1.165) is 5.56 Å². The van der Waals surface area contributed by atoms with Crippen molar-refractivity contribution >= 4 is 23.6 Å². The lowest BCUT2D eigenvalue weighted by Gasteiger charge is -2.49. The molecule has 3 atom stereocenters. The van der Waals surface area contributed by atoms with Crippen molar-refractivity contribution in [1.29, 1.82) is 0 Å². The van der Waals surface area contributed by atoms with E-state index in [0.29, 0.717) is 17.9 Å². The number of fused-ring (bicyclic) bond motifs is 1. The summed E-state index contributed by atoms with van der Waals surface area (Å²) in [5.41, 5.74) is 7.03. The van der Waals surface area contributed by atoms with Crippen LogP contribution in [0.4, 0.5) is 0 Å². The van der Waals surface area contributed by atoms with Crippen LogP contribution < -0.4 is 15.4 Å². The quantitative estimate of drug-likeness (QED) is 0.500. The fourth-order valence-corrected chi connectivity index (χ4v) is 4.05. The highest BCUT2D eigenvalue weighted by molar-refractivity contribution is 8.00. The first-order valence-electron chi connectivity index (χ1n) is 7.21. The maximum atomic E-state index is 11.9. The van der Waals surface area contributed by atoms with Crippen LogP contribution in [0.25, 0.3) is 0 Å². The Balaban J connectivity index is 1.87. The second kappa shape index (κ2) is 5.95. The van der Waals surface area contributed by atoms with Gasteiger partial charge in [-0.15, -0.1) is 11.8 Å². The Bertz CT molecular complexity index is 686. The summed E-state index contributed by atoms with van der Waals surface area (Å²) in [6, 6.07) is 2.90. The van der Waals surface area contributed by atoms with Crippen LogP contribution in [0.15, 0.2) is 35.8 Å². The number of β-lactam (4-membered cyclic amide) rings is 1. The zero-order valence-corrected chi connectivity index (χ0v) is 13.3. The molecule has 0 saturated carbocycles. The van der Waals surface area contributed by atoms with Crippen LogP contribution >= 0.6 is 11.8 Å². The lowest BCUT2D eigenvalue weighted by atomic mass is 10.0. The Hall–Kier alpha value is -1.90. The van der Waals surface area contributed by atoms with E-state index in [1.54, 1.807) is 36.0 Å². The highest BCUT2D eigenvalue weighted by Gasteiger charge is 2.50. The first-order valence-corrected chi connectivity index (χ1v) is 8.25. The predicted octanol–water partition coefficient (Wildman–Crippen LogP) is -1.73. The van der Waals surface area contributed by atoms with Crippen LogP contribution in [0.3, 0.4) is 0 Å². The minimum Gasteiger partial charge on any atom is -0.543 e. The molecule has 1 amide bonds. The monoisotopic (exact) mass is 335 g/mol. The number of rotatable bonds is 4. The molecule has 1 aromatic heterocycles. The molecule has 8 heteroatoms. The maximum absolute atomic E-state index is 11.9. The number of aromatic nitrogens is 1. The van der Waals surface area contributed by atoms with Crippen molar-refractivity contribution in [3.63, 3.8) is 0 Å². The van der Waals surface area contributed by atoms with Crippen molar-refractivity contribution in [2.75, 3.05) is 5.75 Å². The van der Waals surface area contributed by atoms with Gasteiger partial charge in [-0.25, -0.2) is 4.57 Å². The normalized spacial score (nSPS) is 25.0. The molecule has 122 valence electrons. The molecule has 3 N–H and O–H groups in total. The Kier molecular flexibility index (Phi) is 4.13. The van der Waals surface area contributed by atoms with Crippen LogP contribution in [-0.2, 0) is 16.1 Å². The van der Waals surface area contributed by atoms with E-state index in [1.165, 1.54) is 16.7 Å². The number of amides is 1. The van der Waals surface area contributed by atoms with Crippen molar-refractivity contribution in [2.24, 2.45) is 5.73 Å². The molecular weight excluding hydrogens is 318 g/mol. The SMILES string of the molecule is CC(O)c1cc[n+](CC2=C(C(=O)[O-])N3C(=O)C(N)C3SC2)cc1. The zero-order chi connectivity index (χ0) is 16.7. The van der Waals surface area contributed by atoms with Gasteiger partial charge in [0.1, 0.15) is 11.4 Å². The van der Waals surface area contributed by atoms with E-state index < -0.39 is 18.1 Å². The highest BCUT2D eigenvalue weighted by atomic mass is 32.2. The highest BCUT2D eigenvalue weighted by Crippen LogP contribution is 2.39. The smallest absolute Gasteiger partial charge is 0.248 e. The Morgan fingerprint density at radius 1 is 1.57 bits per heavy atom. The number of nitrogens with two attached hydrogens (primary N) is 1. The molecule has 0 aliphatic carbocycles. The van der Waals surface area contributed by atoms with Gasteiger partial charge in [0, 0.05) is 23.5 Å². The van der Waals surface area contributed by atoms with Gasteiger partial charge in [-0.1, -0.05) is 0 Å². The van der Waals surface area contributed by atoms with Gasteiger partial charge < -0.3 is 20.7 Å². The fraction of sp³-hybridized carbons (Fsp3) is 0.400. The predicted molar refractivity (Wildman–Crippen MR) is 80.4 cm³/mol. The zero-order valence-electron chi connectivity index (χ0n) is 12.5. The molecule has 2 aliphatic heterocycles. The molecule has 3 heterocycles. The van der Waals surface area contributed by atoms with Gasteiger partial charge in [-0.2, -0.15) is 0 Å². The molecule has 1 fully saturated rings. The maximum Gasteiger partial charge on any atom is 0.248 e. The number of aliphatic hydroxyl groups excluding tert-OH is 1. The standard InChI is InChI=1S/C15H17N3O4S/c1-8(19)9-2-4-17(5-3-9)6-10-7-23-14-11(16)13(20)18(14)12(10)15(21)22/h2-5,8,11,14,19H,6-7,16H2,1H3. The molecule has 3 rings (SSSR count). The van der Waals surface area contributed by atoms with E-state index >= 15 is 0 Å². The number of aliphatic hydroxyl groups is 1. The third-order valence-corrected chi connectivity index (χ3v) is 5.42. The molecule has 7 nitrogen and oxygen atoms in total. The van der Waals surface area contributed by atoms with Crippen molar-refractivity contribution in [3.8, 4) is 0 Å². The number of carboxylic acid groups (broad SMARTS) is 1. The van der Waals surface area contributed by atoms with E-state index in [-0.39, 0.29) is 17.0 Å². The average molecular weight is 335 g/mol. The second-order valence-corrected chi connectivity index (χ2v) is 6.76. The van der Waals surface area contributed by atoms with Gasteiger partial charge in [-0.05, 0) is 12.5 Å². The number of aliphatic carboxylic acids is 1. The van der Waals surface area contributed by atoms with Crippen molar-refractivity contribution < 1.29 is 24.4 Å². The molecule has 3 unspecified atom stereocenters. The Labute approximate surface area is 137 Å². The van der Waals surface area contributed by atoms with Gasteiger partial charge in [-0.3, -0.25) is 9.69 Å². The lowest BCUT2D eigenvalue weighted by Crippen LogP contribution is -2.69. The first kappa shape index (κ1) is 16.0. The summed E-state index contributed by atoms with van der Waals surface area (Å²) in [6.07, 6.45) is 2.97. The number of hydrogen-bond acceptors (Lipinski definition) is 6. The van der Waals surface area contributed by atoms with Crippen molar-refractivity contribution in [3.05, 3.63) is 41.4 Å². The van der Waals surface area contributed by atoms with Gasteiger partial charge in [0.15, 0.2) is 18.9 Å². The molecule has 0 aromatic carbocycles. The molecule has 0 radical (unpaired) electrons. The lowest BCUT2D eigenvalue weighted by molar-refractivity contribution is -0.689. The molecule has 23 heavy (non-hydrogen) atoms. The van der Waals surface area contributed by atoms with Crippen molar-refractivity contribution in [1.82, 2.24) is 4.90 Å². The number of hydrogen-bond donors (Lipinski definition) is 2. The number of nitrogens with zero attached hydrogens (tertiary/aromatic N) is 2. The number of carbonyl (C=O) groups excluding carboxylic acids is 2. The van der Waals surface area contributed by atoms with E-state index in [4.69, 9.17) is 5.73 Å². The summed E-state index contributed by atoms with van der Waals surface area (Å²) in [7, 11) is 0. The summed E-state index contributed by atoms with van der Waals surface area (Å²) >= 11 is 1.46. The van der Waals surface area contributed by atoms with E-state index in [9.17, 15) is 19.8 Å². The number of carboxylic acids is 1. The summed E-state index contributed by atoms with van der Waals surface area (Å²) in [5, 5.41) is 20.7. The van der Waals surface area contributed by atoms with Crippen LogP contribution in [0, 0.1) is 0 Å². The topological polar surface area (TPSA) is 111 Å². The van der Waals surface area contributed by atoms with Crippen LogP contribution in [0.5, 0.6) is 0 Å². The number of carbonyl (C=O) groups is 2. The molecule has 2 aliphatic rings. The summed E-state index contributed by atoms with van der Waals surface area (Å²) in [6.45, 7) is 2.01.